The Morgan fingerprint density at radius 2 is 1.65 bits per heavy atom. The molecule has 2 rings (SSSR count). The Bertz CT molecular complexity index is 337. The molecule has 0 spiro atoms. The molecule has 1 unspecified atom stereocenters. The van der Waals surface area contributed by atoms with Crippen molar-refractivity contribution in [2.75, 3.05) is 26.2 Å². The molecule has 2 aliphatic rings. The highest BCUT2D eigenvalue weighted by Crippen LogP contribution is 2.24. The molecule has 1 atom stereocenters. The van der Waals surface area contributed by atoms with Crippen molar-refractivity contribution >= 4 is 10.2 Å². The molecule has 0 aromatic heterocycles. The molecular formula is C11H23N3O2S. The Kier molecular flexibility index (Phi) is 4.41. The lowest BCUT2D eigenvalue weighted by Crippen LogP contribution is -2.48. The van der Waals surface area contributed by atoms with Gasteiger partial charge < -0.3 is 5.73 Å². The van der Waals surface area contributed by atoms with E-state index in [4.69, 9.17) is 5.73 Å². The molecule has 0 saturated carbocycles. The second-order valence-corrected chi connectivity index (χ2v) is 6.84. The predicted molar refractivity (Wildman–Crippen MR) is 67.7 cm³/mol. The first kappa shape index (κ1) is 13.3. The van der Waals surface area contributed by atoms with Gasteiger partial charge in [0.1, 0.15) is 0 Å². The van der Waals surface area contributed by atoms with Gasteiger partial charge in [-0.3, -0.25) is 0 Å². The molecule has 2 heterocycles. The molecule has 5 nitrogen and oxygen atoms in total. The third-order valence-corrected chi connectivity index (χ3v) is 5.87. The summed E-state index contributed by atoms with van der Waals surface area (Å²) in [4.78, 5) is 0. The SMILES string of the molecule is NCC1CCCN1S(=O)(=O)N1CCCCCC1. The van der Waals surface area contributed by atoms with Crippen LogP contribution in [0.4, 0.5) is 0 Å². The number of hydrogen-bond donors (Lipinski definition) is 1. The van der Waals surface area contributed by atoms with Crippen LogP contribution in [-0.2, 0) is 10.2 Å². The van der Waals surface area contributed by atoms with Crippen LogP contribution in [0, 0.1) is 0 Å². The molecule has 0 aromatic rings. The van der Waals surface area contributed by atoms with Crippen molar-refractivity contribution in [2.45, 2.75) is 44.6 Å². The van der Waals surface area contributed by atoms with Crippen LogP contribution in [0.5, 0.6) is 0 Å². The van der Waals surface area contributed by atoms with Crippen LogP contribution < -0.4 is 5.73 Å². The zero-order chi connectivity index (χ0) is 12.3. The molecular weight excluding hydrogens is 238 g/mol. The van der Waals surface area contributed by atoms with Crippen LogP contribution in [0.3, 0.4) is 0 Å². The molecule has 0 bridgehead atoms. The van der Waals surface area contributed by atoms with Crippen LogP contribution in [0.2, 0.25) is 0 Å². The van der Waals surface area contributed by atoms with Gasteiger partial charge in [-0.05, 0) is 25.7 Å². The molecule has 0 aliphatic carbocycles. The number of nitrogens with two attached hydrogens (primary N) is 1. The molecule has 100 valence electrons. The van der Waals surface area contributed by atoms with Crippen LogP contribution in [0.1, 0.15) is 38.5 Å². The zero-order valence-electron chi connectivity index (χ0n) is 10.3. The fraction of sp³-hybridized carbons (Fsp3) is 1.00. The summed E-state index contributed by atoms with van der Waals surface area (Å²) in [5, 5.41) is 0. The topological polar surface area (TPSA) is 66.6 Å². The number of nitrogens with zero attached hydrogens (tertiary/aromatic N) is 2. The van der Waals surface area contributed by atoms with Gasteiger partial charge in [-0.2, -0.15) is 17.0 Å². The van der Waals surface area contributed by atoms with E-state index in [0.29, 0.717) is 26.2 Å². The summed E-state index contributed by atoms with van der Waals surface area (Å²) in [6, 6.07) is 0.0169. The molecule has 2 N–H and O–H groups in total. The molecule has 17 heavy (non-hydrogen) atoms. The number of hydrogen-bond acceptors (Lipinski definition) is 3. The lowest BCUT2D eigenvalue weighted by atomic mass is 10.2. The highest BCUT2D eigenvalue weighted by atomic mass is 32.2. The third kappa shape index (κ3) is 2.81. The maximum Gasteiger partial charge on any atom is 0.282 e. The van der Waals surface area contributed by atoms with Gasteiger partial charge in [0.2, 0.25) is 0 Å². The molecule has 6 heteroatoms. The summed E-state index contributed by atoms with van der Waals surface area (Å²) in [5.74, 6) is 0. The van der Waals surface area contributed by atoms with E-state index < -0.39 is 10.2 Å². The lowest BCUT2D eigenvalue weighted by Gasteiger charge is -2.29. The minimum absolute atomic E-state index is 0.0169. The second kappa shape index (κ2) is 5.65. The standard InChI is InChI=1S/C11H23N3O2S/c12-10-11-6-5-9-14(11)17(15,16)13-7-3-1-2-4-8-13/h11H,1-10,12H2. The normalized spacial score (nSPS) is 29.4. The first-order chi connectivity index (χ1) is 8.16. The molecule has 0 aromatic carbocycles. The van der Waals surface area contributed by atoms with Crippen LogP contribution in [0.15, 0.2) is 0 Å². The molecule has 2 saturated heterocycles. The fourth-order valence-electron chi connectivity index (χ4n) is 2.77. The molecule has 0 radical (unpaired) electrons. The predicted octanol–water partition coefficient (Wildman–Crippen LogP) is 0.530. The van der Waals surface area contributed by atoms with Gasteiger partial charge in [0.25, 0.3) is 10.2 Å². The Labute approximate surface area is 104 Å². The van der Waals surface area contributed by atoms with Gasteiger partial charge >= 0.3 is 0 Å². The van der Waals surface area contributed by atoms with Crippen molar-refractivity contribution in [1.29, 1.82) is 0 Å². The van der Waals surface area contributed by atoms with E-state index in [1.165, 1.54) is 0 Å². The van der Waals surface area contributed by atoms with Gasteiger partial charge in [0.15, 0.2) is 0 Å². The third-order valence-electron chi connectivity index (χ3n) is 3.78. The first-order valence-electron chi connectivity index (χ1n) is 6.63. The van der Waals surface area contributed by atoms with Crippen molar-refractivity contribution < 1.29 is 8.42 Å². The van der Waals surface area contributed by atoms with E-state index >= 15 is 0 Å². The average Bonchev–Trinajstić information content (AvgIpc) is 2.63. The summed E-state index contributed by atoms with van der Waals surface area (Å²) >= 11 is 0. The first-order valence-corrected chi connectivity index (χ1v) is 8.03. The highest BCUT2D eigenvalue weighted by Gasteiger charge is 2.37. The van der Waals surface area contributed by atoms with Crippen molar-refractivity contribution in [3.05, 3.63) is 0 Å². The Hall–Kier alpha value is -0.170. The van der Waals surface area contributed by atoms with E-state index in [9.17, 15) is 8.42 Å². The Morgan fingerprint density at radius 1 is 1.00 bits per heavy atom. The van der Waals surface area contributed by atoms with Crippen LogP contribution in [-0.4, -0.2) is 49.2 Å². The molecule has 2 aliphatic heterocycles. The van der Waals surface area contributed by atoms with Gasteiger partial charge in [-0.25, -0.2) is 0 Å². The fourth-order valence-corrected chi connectivity index (χ4v) is 4.71. The van der Waals surface area contributed by atoms with E-state index in [1.807, 2.05) is 0 Å². The molecule has 2 fully saturated rings. The van der Waals surface area contributed by atoms with Gasteiger partial charge in [-0.15, -0.1) is 0 Å². The second-order valence-electron chi connectivity index (χ2n) is 4.96. The quantitative estimate of drug-likeness (QED) is 0.806. The maximum absolute atomic E-state index is 12.5. The highest BCUT2D eigenvalue weighted by molar-refractivity contribution is 7.86. The summed E-state index contributed by atoms with van der Waals surface area (Å²) in [6.45, 7) is 2.43. The van der Waals surface area contributed by atoms with E-state index in [-0.39, 0.29) is 6.04 Å². The average molecular weight is 261 g/mol. The summed E-state index contributed by atoms with van der Waals surface area (Å²) < 4.78 is 28.3. The largest absolute Gasteiger partial charge is 0.329 e. The van der Waals surface area contributed by atoms with E-state index in [2.05, 4.69) is 0 Å². The molecule has 0 amide bonds. The zero-order valence-corrected chi connectivity index (χ0v) is 11.2. The smallest absolute Gasteiger partial charge is 0.282 e. The van der Waals surface area contributed by atoms with E-state index in [0.717, 1.165) is 38.5 Å². The van der Waals surface area contributed by atoms with E-state index in [1.54, 1.807) is 8.61 Å². The lowest BCUT2D eigenvalue weighted by molar-refractivity contribution is 0.330. The summed E-state index contributed by atoms with van der Waals surface area (Å²) in [5.41, 5.74) is 5.66. The van der Waals surface area contributed by atoms with Crippen molar-refractivity contribution in [3.8, 4) is 0 Å². The van der Waals surface area contributed by atoms with Crippen molar-refractivity contribution in [1.82, 2.24) is 8.61 Å². The van der Waals surface area contributed by atoms with Crippen LogP contribution >= 0.6 is 0 Å². The summed E-state index contributed by atoms with van der Waals surface area (Å²) in [7, 11) is -3.26. The monoisotopic (exact) mass is 261 g/mol. The minimum Gasteiger partial charge on any atom is -0.329 e. The Balaban J connectivity index is 2.11. The van der Waals surface area contributed by atoms with Gasteiger partial charge in [0, 0.05) is 32.2 Å². The maximum atomic E-state index is 12.5. The summed E-state index contributed by atoms with van der Waals surface area (Å²) in [6.07, 6.45) is 6.11. The van der Waals surface area contributed by atoms with Gasteiger partial charge in [-0.1, -0.05) is 12.8 Å². The van der Waals surface area contributed by atoms with Crippen LogP contribution in [0.25, 0.3) is 0 Å². The van der Waals surface area contributed by atoms with Gasteiger partial charge in [0.05, 0.1) is 0 Å². The number of rotatable bonds is 3. The minimum atomic E-state index is -3.26. The Morgan fingerprint density at radius 3 is 2.24 bits per heavy atom. The van der Waals surface area contributed by atoms with Crippen molar-refractivity contribution in [2.24, 2.45) is 5.73 Å². The van der Waals surface area contributed by atoms with Crippen molar-refractivity contribution in [3.63, 3.8) is 0 Å².